The van der Waals surface area contributed by atoms with Crippen LogP contribution in [0.5, 0.6) is 0 Å². The Bertz CT molecular complexity index is 1030. The molecule has 40 heavy (non-hydrogen) atoms. The first-order valence-electron chi connectivity index (χ1n) is 15.4. The minimum absolute atomic E-state index is 0.0632. The third-order valence-corrected chi connectivity index (χ3v) is 22.2. The molecule has 0 N–H and O–H groups in total. The van der Waals surface area contributed by atoms with E-state index in [4.69, 9.17) is 8.85 Å². The third kappa shape index (κ3) is 8.77. The summed E-state index contributed by atoms with van der Waals surface area (Å²) in [6.45, 7) is 27.6. The highest BCUT2D eigenvalue weighted by atomic mass is 31.2. The lowest BCUT2D eigenvalue weighted by Gasteiger charge is -2.43. The molecule has 1 unspecified atom stereocenters. The summed E-state index contributed by atoms with van der Waals surface area (Å²) in [4.78, 5) is 0. The fourth-order valence-electron chi connectivity index (χ4n) is 4.74. The second kappa shape index (κ2) is 14.0. The molecule has 2 rings (SSSR count). The first-order chi connectivity index (χ1) is 18.4. The maximum absolute atomic E-state index is 15.4. The van der Waals surface area contributed by atoms with Gasteiger partial charge < -0.3 is 13.4 Å². The van der Waals surface area contributed by atoms with Crippen molar-refractivity contribution >= 4 is 34.4 Å². The quantitative estimate of drug-likeness (QED) is 0.159. The maximum Gasteiger partial charge on any atom is 0.192 e. The van der Waals surface area contributed by atoms with E-state index in [1.807, 2.05) is 60.7 Å². The Morgan fingerprint density at radius 3 is 1.52 bits per heavy atom. The van der Waals surface area contributed by atoms with Crippen molar-refractivity contribution in [3.63, 3.8) is 0 Å². The summed E-state index contributed by atoms with van der Waals surface area (Å²) >= 11 is 0. The predicted molar refractivity (Wildman–Crippen MR) is 182 cm³/mol. The molecule has 0 spiro atoms. The third-order valence-electron chi connectivity index (χ3n) is 9.56. The first-order valence-corrected chi connectivity index (χ1v) is 23.0. The molecule has 0 aromatic heterocycles. The van der Waals surface area contributed by atoms with Gasteiger partial charge in [-0.3, -0.25) is 0 Å². The molecule has 226 valence electrons. The Labute approximate surface area is 249 Å². The van der Waals surface area contributed by atoms with E-state index in [0.29, 0.717) is 0 Å². The van der Waals surface area contributed by atoms with Gasteiger partial charge >= 0.3 is 0 Å². The number of hydrogen-bond acceptors (Lipinski definition) is 3. The zero-order valence-electron chi connectivity index (χ0n) is 27.7. The van der Waals surface area contributed by atoms with Gasteiger partial charge in [0.15, 0.2) is 16.6 Å². The molecule has 2 aromatic carbocycles. The van der Waals surface area contributed by atoms with Crippen LogP contribution >= 0.6 is 7.14 Å². The SMILES string of the molecule is CCCCC(CC[C@H](O[Si](C)(C)C(C)(C)C)[C@H](C)P(=O)(c1ccccc1)c1ccccc1)O[Si](C)(C)C(C)(C)C. The van der Waals surface area contributed by atoms with Crippen LogP contribution in [0.15, 0.2) is 60.7 Å². The maximum atomic E-state index is 15.4. The van der Waals surface area contributed by atoms with Crippen LogP contribution in [0.4, 0.5) is 0 Å². The van der Waals surface area contributed by atoms with E-state index >= 15 is 4.57 Å². The molecule has 0 heterocycles. The number of hydrogen-bond donors (Lipinski definition) is 0. The Balaban J connectivity index is 2.53. The van der Waals surface area contributed by atoms with Gasteiger partial charge in [-0.15, -0.1) is 0 Å². The molecule has 0 saturated heterocycles. The minimum Gasteiger partial charge on any atom is -0.414 e. The van der Waals surface area contributed by atoms with Crippen molar-refractivity contribution in [2.24, 2.45) is 0 Å². The molecule has 2 aromatic rings. The van der Waals surface area contributed by atoms with Crippen LogP contribution in [-0.2, 0) is 13.4 Å². The summed E-state index contributed by atoms with van der Waals surface area (Å²) in [7, 11) is -7.05. The average Bonchev–Trinajstić information content (AvgIpc) is 2.88. The number of unbranched alkanes of at least 4 members (excludes halogenated alkanes) is 1. The fraction of sp³-hybridized carbons (Fsp3) is 0.647. The van der Waals surface area contributed by atoms with E-state index in [2.05, 4.69) is 81.6 Å². The van der Waals surface area contributed by atoms with Crippen molar-refractivity contribution < 1.29 is 13.4 Å². The van der Waals surface area contributed by atoms with Gasteiger partial charge in [0.25, 0.3) is 0 Å². The lowest BCUT2D eigenvalue weighted by atomic mass is 10.0. The van der Waals surface area contributed by atoms with E-state index in [1.54, 1.807) is 0 Å². The Morgan fingerprint density at radius 1 is 0.700 bits per heavy atom. The normalized spacial score (nSPS) is 16.0. The molecule has 0 saturated carbocycles. The van der Waals surface area contributed by atoms with Crippen LogP contribution < -0.4 is 10.6 Å². The average molecular weight is 603 g/mol. The highest BCUT2D eigenvalue weighted by Crippen LogP contribution is 2.52. The molecule has 0 radical (unpaired) electrons. The van der Waals surface area contributed by atoms with Crippen LogP contribution in [0.3, 0.4) is 0 Å². The van der Waals surface area contributed by atoms with E-state index in [-0.39, 0.29) is 27.9 Å². The second-order valence-electron chi connectivity index (χ2n) is 14.7. The summed E-state index contributed by atoms with van der Waals surface area (Å²) in [6.07, 6.45) is 5.24. The van der Waals surface area contributed by atoms with Crippen molar-refractivity contribution in [3.8, 4) is 0 Å². The zero-order valence-corrected chi connectivity index (χ0v) is 30.6. The van der Waals surface area contributed by atoms with Crippen molar-refractivity contribution in [1.82, 2.24) is 0 Å². The molecule has 0 aliphatic rings. The standard InChI is InChI=1S/C34H59O3PSi2/c1-13-14-21-29(36-39(9,10)33(3,4)5)26-27-32(37-40(11,12)34(6,7)8)28(2)38(35,30-22-17-15-18-23-30)31-24-19-16-20-25-31/h15-20,22-25,28-29,32H,13-14,21,26-27H2,1-12H3/t28-,29?,32-/m0/s1. The largest absolute Gasteiger partial charge is 0.414 e. The Hall–Kier alpha value is -0.976. The van der Waals surface area contributed by atoms with Gasteiger partial charge in [-0.25, -0.2) is 0 Å². The molecule has 0 fully saturated rings. The van der Waals surface area contributed by atoms with Crippen molar-refractivity contribution in [3.05, 3.63) is 60.7 Å². The first kappa shape index (κ1) is 35.2. The molecule has 3 atom stereocenters. The molecule has 0 aliphatic carbocycles. The highest BCUT2D eigenvalue weighted by Gasteiger charge is 2.45. The van der Waals surface area contributed by atoms with Crippen LogP contribution in [0.2, 0.25) is 36.3 Å². The molecule has 0 bridgehead atoms. The zero-order chi connectivity index (χ0) is 30.4. The minimum atomic E-state index is -2.99. The topological polar surface area (TPSA) is 35.5 Å². The van der Waals surface area contributed by atoms with Crippen molar-refractivity contribution in [1.29, 1.82) is 0 Å². The smallest absolute Gasteiger partial charge is 0.192 e. The molecular formula is C34H59O3PSi2. The molecule has 0 aliphatic heterocycles. The van der Waals surface area contributed by atoms with Gasteiger partial charge in [0.2, 0.25) is 0 Å². The molecule has 6 heteroatoms. The summed E-state index contributed by atoms with van der Waals surface area (Å²) in [5.74, 6) is 0. The predicted octanol–water partition coefficient (Wildman–Crippen LogP) is 10.1. The number of benzene rings is 2. The van der Waals surface area contributed by atoms with E-state index in [9.17, 15) is 0 Å². The van der Waals surface area contributed by atoms with E-state index in [0.717, 1.165) is 42.7 Å². The number of rotatable bonds is 14. The summed E-state index contributed by atoms with van der Waals surface area (Å²) in [5.41, 5.74) is -0.161. The monoisotopic (exact) mass is 602 g/mol. The highest BCUT2D eigenvalue weighted by molar-refractivity contribution is 7.79. The fourth-order valence-corrected chi connectivity index (χ4v) is 10.9. The van der Waals surface area contributed by atoms with Crippen molar-refractivity contribution in [2.75, 3.05) is 0 Å². The van der Waals surface area contributed by atoms with E-state index in [1.165, 1.54) is 0 Å². The van der Waals surface area contributed by atoms with Crippen LogP contribution in [-0.4, -0.2) is 34.5 Å². The lowest BCUT2D eigenvalue weighted by Crippen LogP contribution is -2.48. The van der Waals surface area contributed by atoms with Gasteiger partial charge in [0.1, 0.15) is 7.14 Å². The lowest BCUT2D eigenvalue weighted by molar-refractivity contribution is 0.116. The Morgan fingerprint density at radius 2 is 1.12 bits per heavy atom. The molecule has 0 amide bonds. The van der Waals surface area contributed by atoms with Gasteiger partial charge in [0, 0.05) is 22.4 Å². The summed E-state index contributed by atoms with van der Waals surface area (Å²) in [6, 6.07) is 20.2. The van der Waals surface area contributed by atoms with E-state index < -0.39 is 23.8 Å². The Kier molecular flexibility index (Phi) is 12.3. The molecule has 3 nitrogen and oxygen atoms in total. The van der Waals surface area contributed by atoms with Crippen molar-refractivity contribution in [2.45, 2.75) is 142 Å². The summed E-state index contributed by atoms with van der Waals surface area (Å²) in [5, 5.41) is 2.06. The van der Waals surface area contributed by atoms with Crippen LogP contribution in [0.25, 0.3) is 0 Å². The van der Waals surface area contributed by atoms with Crippen LogP contribution in [0.1, 0.15) is 87.5 Å². The van der Waals surface area contributed by atoms with Gasteiger partial charge in [-0.05, 0) is 55.5 Å². The van der Waals surface area contributed by atoms with Gasteiger partial charge in [-0.1, -0.05) is 129 Å². The van der Waals surface area contributed by atoms with Gasteiger partial charge in [0.05, 0.1) is 6.10 Å². The van der Waals surface area contributed by atoms with Crippen LogP contribution in [0, 0.1) is 0 Å². The molecular weight excluding hydrogens is 544 g/mol. The summed E-state index contributed by atoms with van der Waals surface area (Å²) < 4.78 is 29.6. The van der Waals surface area contributed by atoms with Gasteiger partial charge in [-0.2, -0.15) is 0 Å². The second-order valence-corrected chi connectivity index (χ2v) is 27.4.